The molecule has 1 aliphatic rings. The lowest BCUT2D eigenvalue weighted by Gasteiger charge is -2.35. The maximum atomic E-state index is 14.3. The van der Waals surface area contributed by atoms with Crippen molar-refractivity contribution in [1.82, 2.24) is 15.2 Å². The number of ether oxygens (including phenoxy) is 1. The van der Waals surface area contributed by atoms with Crippen LogP contribution in [0.4, 0.5) is 0 Å². The van der Waals surface area contributed by atoms with Crippen LogP contribution in [0.5, 0.6) is 5.75 Å². The number of likely N-dealkylation sites (tertiary alicyclic amines) is 1. The second kappa shape index (κ2) is 11.6. The van der Waals surface area contributed by atoms with E-state index in [2.05, 4.69) is 64.0 Å². The van der Waals surface area contributed by atoms with Crippen molar-refractivity contribution in [3.63, 3.8) is 0 Å². The standard InChI is InChI=1S/C34H43N3O4/c1-21-25(15-12-18-35-21)31(38)37-29(22-13-10-9-11-14-22)28(27(34(5,6)7)30(37)32(39)40)36-20-23-19-24(33(2,3)4)16-17-26(23)41-8/h9-19,27-30,36H,20H2,1-8H3,(H,39,40)/t27-,28-,29-,30-/m0/s1. The molecule has 1 aromatic heterocycles. The van der Waals surface area contributed by atoms with Gasteiger partial charge >= 0.3 is 5.97 Å². The Morgan fingerprint density at radius 2 is 1.68 bits per heavy atom. The van der Waals surface area contributed by atoms with E-state index >= 15 is 0 Å². The van der Waals surface area contributed by atoms with Crippen LogP contribution < -0.4 is 10.1 Å². The summed E-state index contributed by atoms with van der Waals surface area (Å²) in [6.45, 7) is 14.9. The zero-order valence-electron chi connectivity index (χ0n) is 25.4. The van der Waals surface area contributed by atoms with E-state index < -0.39 is 29.4 Å². The third-order valence-electron chi connectivity index (χ3n) is 8.21. The fraction of sp³-hybridized carbons (Fsp3) is 0.441. The van der Waals surface area contributed by atoms with Crippen molar-refractivity contribution >= 4 is 11.9 Å². The molecule has 41 heavy (non-hydrogen) atoms. The zero-order chi connectivity index (χ0) is 30.1. The molecule has 0 spiro atoms. The molecule has 7 nitrogen and oxygen atoms in total. The lowest BCUT2D eigenvalue weighted by Crippen LogP contribution is -2.48. The van der Waals surface area contributed by atoms with Gasteiger partial charge in [0.2, 0.25) is 0 Å². The number of amides is 1. The fourth-order valence-electron chi connectivity index (χ4n) is 6.17. The molecule has 3 aromatic rings. The van der Waals surface area contributed by atoms with Crippen LogP contribution in [0.25, 0.3) is 0 Å². The van der Waals surface area contributed by atoms with Gasteiger partial charge in [-0.05, 0) is 47.1 Å². The maximum absolute atomic E-state index is 14.3. The highest BCUT2D eigenvalue weighted by atomic mass is 16.5. The zero-order valence-corrected chi connectivity index (χ0v) is 25.4. The molecule has 218 valence electrons. The van der Waals surface area contributed by atoms with E-state index in [4.69, 9.17) is 4.74 Å². The van der Waals surface area contributed by atoms with E-state index in [9.17, 15) is 14.7 Å². The smallest absolute Gasteiger partial charge is 0.326 e. The monoisotopic (exact) mass is 557 g/mol. The molecule has 1 amide bonds. The summed E-state index contributed by atoms with van der Waals surface area (Å²) in [5.41, 5.74) is 3.54. The van der Waals surface area contributed by atoms with E-state index in [0.717, 1.165) is 16.9 Å². The summed E-state index contributed by atoms with van der Waals surface area (Å²) in [5.74, 6) is -0.983. The summed E-state index contributed by atoms with van der Waals surface area (Å²) in [7, 11) is 1.66. The molecular weight excluding hydrogens is 514 g/mol. The van der Waals surface area contributed by atoms with Crippen LogP contribution in [0.2, 0.25) is 0 Å². The van der Waals surface area contributed by atoms with E-state index in [0.29, 0.717) is 17.8 Å². The Kier molecular flexibility index (Phi) is 8.59. The normalized spacial score (nSPS) is 21.1. The van der Waals surface area contributed by atoms with Crippen molar-refractivity contribution in [2.24, 2.45) is 11.3 Å². The number of carbonyl (C=O) groups excluding carboxylic acids is 1. The summed E-state index contributed by atoms with van der Waals surface area (Å²) < 4.78 is 5.72. The highest BCUT2D eigenvalue weighted by Gasteiger charge is 2.58. The Morgan fingerprint density at radius 1 is 1.00 bits per heavy atom. The molecule has 1 fully saturated rings. The number of hydrogen-bond donors (Lipinski definition) is 2. The van der Waals surface area contributed by atoms with Crippen LogP contribution in [0.1, 0.15) is 80.3 Å². The Balaban J connectivity index is 1.87. The van der Waals surface area contributed by atoms with Crippen LogP contribution in [0.3, 0.4) is 0 Å². The van der Waals surface area contributed by atoms with Gasteiger partial charge in [-0.1, -0.05) is 84.0 Å². The Hall–Kier alpha value is -3.71. The summed E-state index contributed by atoms with van der Waals surface area (Å²) >= 11 is 0. The van der Waals surface area contributed by atoms with Crippen molar-refractivity contribution in [3.8, 4) is 5.75 Å². The van der Waals surface area contributed by atoms with Crippen LogP contribution in [-0.4, -0.2) is 46.1 Å². The molecule has 0 saturated carbocycles. The summed E-state index contributed by atoms with van der Waals surface area (Å²) in [6.07, 6.45) is 1.64. The first-order chi connectivity index (χ1) is 19.3. The molecule has 1 aliphatic heterocycles. The highest BCUT2D eigenvalue weighted by molar-refractivity contribution is 5.98. The lowest BCUT2D eigenvalue weighted by atomic mass is 9.72. The number of nitrogens with zero attached hydrogens (tertiary/aromatic N) is 2. The molecule has 0 unspecified atom stereocenters. The molecule has 4 rings (SSSR count). The molecule has 2 N–H and O–H groups in total. The van der Waals surface area contributed by atoms with Gasteiger partial charge in [-0.15, -0.1) is 0 Å². The van der Waals surface area contributed by atoms with Crippen molar-refractivity contribution < 1.29 is 19.4 Å². The fourth-order valence-corrected chi connectivity index (χ4v) is 6.17. The van der Waals surface area contributed by atoms with Gasteiger partial charge in [0.05, 0.1) is 18.7 Å². The molecule has 0 radical (unpaired) electrons. The predicted octanol–water partition coefficient (Wildman–Crippen LogP) is 6.17. The van der Waals surface area contributed by atoms with Crippen molar-refractivity contribution in [2.75, 3.05) is 7.11 Å². The predicted molar refractivity (Wildman–Crippen MR) is 161 cm³/mol. The van der Waals surface area contributed by atoms with Crippen LogP contribution in [-0.2, 0) is 16.8 Å². The largest absolute Gasteiger partial charge is 0.496 e. The molecule has 4 atom stereocenters. The number of carbonyl (C=O) groups is 2. The number of nitrogens with one attached hydrogen (secondary N) is 1. The number of aliphatic carboxylic acids is 1. The first kappa shape index (κ1) is 30.3. The van der Waals surface area contributed by atoms with Crippen LogP contribution >= 0.6 is 0 Å². The van der Waals surface area contributed by atoms with Gasteiger partial charge in [0, 0.05) is 36.0 Å². The molecule has 0 aliphatic carbocycles. The van der Waals surface area contributed by atoms with Gasteiger partial charge in [0.25, 0.3) is 5.91 Å². The van der Waals surface area contributed by atoms with Crippen molar-refractivity contribution in [1.29, 1.82) is 0 Å². The number of carboxylic acid groups (broad SMARTS) is 1. The second-order valence-electron chi connectivity index (χ2n) is 13.1. The number of rotatable bonds is 7. The number of carboxylic acids is 1. The average molecular weight is 558 g/mol. The molecule has 0 bridgehead atoms. The number of benzene rings is 2. The summed E-state index contributed by atoms with van der Waals surface area (Å²) in [4.78, 5) is 33.3. The number of hydrogen-bond acceptors (Lipinski definition) is 5. The summed E-state index contributed by atoms with van der Waals surface area (Å²) in [5, 5.41) is 14.4. The minimum atomic E-state index is -1.05. The van der Waals surface area contributed by atoms with Crippen LogP contribution in [0, 0.1) is 18.3 Å². The third-order valence-corrected chi connectivity index (χ3v) is 8.21. The Morgan fingerprint density at radius 3 is 2.24 bits per heavy atom. The first-order valence-electron chi connectivity index (χ1n) is 14.2. The molecule has 2 heterocycles. The highest BCUT2D eigenvalue weighted by Crippen LogP contribution is 2.49. The first-order valence-corrected chi connectivity index (χ1v) is 14.2. The Bertz CT molecular complexity index is 1390. The van der Waals surface area contributed by atoms with Gasteiger partial charge in [0.15, 0.2) is 0 Å². The van der Waals surface area contributed by atoms with Gasteiger partial charge in [-0.25, -0.2) is 4.79 Å². The SMILES string of the molecule is COc1ccc(C(C)(C)C)cc1CN[C@H]1[C@H](C(C)(C)C)[C@@H](C(=O)O)N(C(=O)c2cccnc2C)[C@H]1c1ccccc1. The molecule has 7 heteroatoms. The van der Waals surface area contributed by atoms with Gasteiger partial charge in [0.1, 0.15) is 11.8 Å². The van der Waals surface area contributed by atoms with Gasteiger partial charge < -0.3 is 20.1 Å². The maximum Gasteiger partial charge on any atom is 0.326 e. The third kappa shape index (κ3) is 6.15. The topological polar surface area (TPSA) is 91.8 Å². The van der Waals surface area contributed by atoms with Gasteiger partial charge in [-0.2, -0.15) is 0 Å². The van der Waals surface area contributed by atoms with Crippen molar-refractivity contribution in [3.05, 3.63) is 94.8 Å². The number of methoxy groups -OCH3 is 1. The molecule has 1 saturated heterocycles. The van der Waals surface area contributed by atoms with E-state index in [1.165, 1.54) is 5.56 Å². The lowest BCUT2D eigenvalue weighted by molar-refractivity contribution is -0.144. The molecular formula is C34H43N3O4. The van der Waals surface area contributed by atoms with E-state index in [1.54, 1.807) is 37.3 Å². The minimum absolute atomic E-state index is 0.0475. The van der Waals surface area contributed by atoms with Crippen molar-refractivity contribution in [2.45, 2.75) is 78.6 Å². The average Bonchev–Trinajstić information content (AvgIpc) is 3.27. The molecule has 2 aromatic carbocycles. The second-order valence-corrected chi connectivity index (χ2v) is 13.1. The Labute approximate surface area is 244 Å². The summed E-state index contributed by atoms with van der Waals surface area (Å²) in [6, 6.07) is 17.5. The quantitative estimate of drug-likeness (QED) is 0.361. The minimum Gasteiger partial charge on any atom is -0.496 e. The van der Waals surface area contributed by atoms with Crippen LogP contribution in [0.15, 0.2) is 66.9 Å². The van der Waals surface area contributed by atoms with E-state index in [-0.39, 0.29) is 17.4 Å². The number of aryl methyl sites for hydroxylation is 1. The number of aromatic nitrogens is 1. The van der Waals surface area contributed by atoms with E-state index in [1.807, 2.05) is 36.4 Å². The van der Waals surface area contributed by atoms with Gasteiger partial charge in [-0.3, -0.25) is 9.78 Å². The number of pyridine rings is 1.